The van der Waals surface area contributed by atoms with E-state index in [1.807, 2.05) is 42.5 Å². The van der Waals surface area contributed by atoms with Crippen molar-refractivity contribution >= 4 is 0 Å². The van der Waals surface area contributed by atoms with Crippen molar-refractivity contribution in [3.05, 3.63) is 71.9 Å². The van der Waals surface area contributed by atoms with Crippen LogP contribution in [-0.2, 0) is 13.2 Å². The van der Waals surface area contributed by atoms with Gasteiger partial charge in [-0.3, -0.25) is 5.10 Å². The van der Waals surface area contributed by atoms with Crippen LogP contribution in [0.25, 0.3) is 11.3 Å². The zero-order valence-electron chi connectivity index (χ0n) is 13.3. The van der Waals surface area contributed by atoms with E-state index in [-0.39, 0.29) is 0 Å². The van der Waals surface area contributed by atoms with Crippen LogP contribution < -0.4 is 10.1 Å². The Bertz CT molecular complexity index is 720. The number of hydrogen-bond acceptors (Lipinski definition) is 3. The largest absolute Gasteiger partial charge is 0.489 e. The fourth-order valence-electron chi connectivity index (χ4n) is 2.32. The molecule has 0 bridgehead atoms. The highest BCUT2D eigenvalue weighted by atomic mass is 16.5. The number of aromatic amines is 1. The van der Waals surface area contributed by atoms with E-state index in [2.05, 4.69) is 40.6 Å². The van der Waals surface area contributed by atoms with Crippen LogP contribution >= 0.6 is 0 Å². The van der Waals surface area contributed by atoms with Crippen LogP contribution in [0, 0.1) is 0 Å². The van der Waals surface area contributed by atoms with Gasteiger partial charge in [0.2, 0.25) is 0 Å². The summed E-state index contributed by atoms with van der Waals surface area (Å²) < 4.78 is 5.80. The Kier molecular flexibility index (Phi) is 5.06. The Balaban J connectivity index is 1.61. The Morgan fingerprint density at radius 2 is 1.83 bits per heavy atom. The fraction of sp³-hybridized carbons (Fsp3) is 0.211. The predicted octanol–water partition coefficient (Wildman–Crippen LogP) is 3.77. The summed E-state index contributed by atoms with van der Waals surface area (Å²) in [6, 6.07) is 20.3. The van der Waals surface area contributed by atoms with Crippen molar-refractivity contribution < 1.29 is 4.74 Å². The molecule has 0 atom stereocenters. The second-order valence-corrected chi connectivity index (χ2v) is 5.36. The van der Waals surface area contributed by atoms with Crippen LogP contribution in [-0.4, -0.2) is 16.7 Å². The molecule has 0 aliphatic rings. The standard InChI is InChI=1S/C19H21N3O/c1-2-20-13-17-12-19(22-21-17)16-8-10-18(11-9-16)23-14-15-6-4-3-5-7-15/h3-12,20H,2,13-14H2,1H3,(H,21,22). The molecular weight excluding hydrogens is 286 g/mol. The maximum atomic E-state index is 5.80. The molecule has 3 aromatic rings. The van der Waals surface area contributed by atoms with Crippen molar-refractivity contribution in [1.29, 1.82) is 0 Å². The smallest absolute Gasteiger partial charge is 0.119 e. The van der Waals surface area contributed by atoms with Crippen LogP contribution in [0.15, 0.2) is 60.7 Å². The first-order chi connectivity index (χ1) is 11.3. The van der Waals surface area contributed by atoms with Gasteiger partial charge in [-0.2, -0.15) is 5.10 Å². The quantitative estimate of drug-likeness (QED) is 0.698. The number of hydrogen-bond donors (Lipinski definition) is 2. The monoisotopic (exact) mass is 307 g/mol. The molecule has 0 aliphatic heterocycles. The van der Waals surface area contributed by atoms with Gasteiger partial charge in [-0.15, -0.1) is 0 Å². The molecule has 2 aromatic carbocycles. The molecule has 2 N–H and O–H groups in total. The average Bonchev–Trinajstić information content (AvgIpc) is 3.08. The van der Waals surface area contributed by atoms with Gasteiger partial charge in [-0.25, -0.2) is 0 Å². The lowest BCUT2D eigenvalue weighted by molar-refractivity contribution is 0.306. The lowest BCUT2D eigenvalue weighted by Gasteiger charge is -2.06. The number of rotatable bonds is 7. The van der Waals surface area contributed by atoms with Crippen molar-refractivity contribution in [3.8, 4) is 17.0 Å². The number of H-pyrrole nitrogens is 1. The third-order valence-electron chi connectivity index (χ3n) is 3.59. The maximum Gasteiger partial charge on any atom is 0.119 e. The van der Waals surface area contributed by atoms with Gasteiger partial charge in [0.15, 0.2) is 0 Å². The van der Waals surface area contributed by atoms with Crippen LogP contribution in [0.2, 0.25) is 0 Å². The Morgan fingerprint density at radius 1 is 1.04 bits per heavy atom. The van der Waals surface area contributed by atoms with E-state index in [9.17, 15) is 0 Å². The number of aromatic nitrogens is 2. The molecule has 1 aromatic heterocycles. The van der Waals surface area contributed by atoms with E-state index >= 15 is 0 Å². The van der Waals surface area contributed by atoms with Crippen LogP contribution in [0.3, 0.4) is 0 Å². The molecule has 0 unspecified atom stereocenters. The van der Waals surface area contributed by atoms with E-state index in [1.165, 1.54) is 0 Å². The summed E-state index contributed by atoms with van der Waals surface area (Å²) in [5, 5.41) is 10.7. The second kappa shape index (κ2) is 7.61. The van der Waals surface area contributed by atoms with E-state index in [1.54, 1.807) is 0 Å². The van der Waals surface area contributed by atoms with Gasteiger partial charge in [-0.1, -0.05) is 37.3 Å². The van der Waals surface area contributed by atoms with E-state index in [0.717, 1.165) is 41.4 Å². The summed E-state index contributed by atoms with van der Waals surface area (Å²) in [6.07, 6.45) is 0. The minimum absolute atomic E-state index is 0.579. The van der Waals surface area contributed by atoms with Crippen molar-refractivity contribution in [2.45, 2.75) is 20.1 Å². The third-order valence-corrected chi connectivity index (χ3v) is 3.59. The first kappa shape index (κ1) is 15.3. The first-order valence-corrected chi connectivity index (χ1v) is 7.87. The molecule has 3 rings (SSSR count). The van der Waals surface area contributed by atoms with E-state index in [4.69, 9.17) is 4.74 Å². The Labute approximate surface area is 136 Å². The molecular formula is C19H21N3O. The van der Waals surface area contributed by atoms with Gasteiger partial charge < -0.3 is 10.1 Å². The zero-order chi connectivity index (χ0) is 15.9. The van der Waals surface area contributed by atoms with E-state index < -0.39 is 0 Å². The lowest BCUT2D eigenvalue weighted by atomic mass is 10.1. The molecule has 0 aliphatic carbocycles. The highest BCUT2D eigenvalue weighted by Gasteiger charge is 2.04. The third kappa shape index (κ3) is 4.20. The molecule has 4 nitrogen and oxygen atoms in total. The molecule has 0 fully saturated rings. The van der Waals surface area contributed by atoms with Crippen LogP contribution in [0.5, 0.6) is 5.75 Å². The minimum atomic E-state index is 0.579. The summed E-state index contributed by atoms with van der Waals surface area (Å²) in [4.78, 5) is 0. The molecule has 4 heteroatoms. The van der Waals surface area contributed by atoms with Crippen LogP contribution in [0.1, 0.15) is 18.2 Å². The molecule has 0 amide bonds. The Morgan fingerprint density at radius 3 is 2.57 bits per heavy atom. The van der Waals surface area contributed by atoms with Gasteiger partial charge >= 0.3 is 0 Å². The molecule has 1 heterocycles. The van der Waals surface area contributed by atoms with E-state index in [0.29, 0.717) is 6.61 Å². The second-order valence-electron chi connectivity index (χ2n) is 5.36. The van der Waals surface area contributed by atoms with Gasteiger partial charge in [0.05, 0.1) is 5.69 Å². The normalized spacial score (nSPS) is 10.7. The summed E-state index contributed by atoms with van der Waals surface area (Å²) >= 11 is 0. The summed E-state index contributed by atoms with van der Waals surface area (Å²) in [7, 11) is 0. The number of ether oxygens (including phenoxy) is 1. The molecule has 0 spiro atoms. The van der Waals surface area contributed by atoms with Crippen molar-refractivity contribution in [2.75, 3.05) is 6.54 Å². The fourth-order valence-corrected chi connectivity index (χ4v) is 2.32. The van der Waals surface area contributed by atoms with Gasteiger partial charge in [0.1, 0.15) is 12.4 Å². The Hall–Kier alpha value is -2.59. The highest BCUT2D eigenvalue weighted by molar-refractivity contribution is 5.60. The summed E-state index contributed by atoms with van der Waals surface area (Å²) in [6.45, 7) is 4.42. The highest BCUT2D eigenvalue weighted by Crippen LogP contribution is 2.22. The maximum absolute atomic E-state index is 5.80. The predicted molar refractivity (Wildman–Crippen MR) is 92.2 cm³/mol. The van der Waals surface area contributed by atoms with Gasteiger partial charge in [0, 0.05) is 17.8 Å². The average molecular weight is 307 g/mol. The first-order valence-electron chi connectivity index (χ1n) is 7.87. The van der Waals surface area contributed by atoms with Crippen molar-refractivity contribution in [1.82, 2.24) is 15.5 Å². The molecule has 0 saturated carbocycles. The number of nitrogens with zero attached hydrogens (tertiary/aromatic N) is 1. The summed E-state index contributed by atoms with van der Waals surface area (Å²) in [5.41, 5.74) is 4.28. The zero-order valence-corrected chi connectivity index (χ0v) is 13.3. The van der Waals surface area contributed by atoms with Crippen LogP contribution in [0.4, 0.5) is 0 Å². The SMILES string of the molecule is CCNCc1cc(-c2ccc(OCc3ccccc3)cc2)n[nH]1. The van der Waals surface area contributed by atoms with Crippen molar-refractivity contribution in [3.63, 3.8) is 0 Å². The lowest BCUT2D eigenvalue weighted by Crippen LogP contribution is -2.11. The topological polar surface area (TPSA) is 49.9 Å². The number of benzene rings is 2. The minimum Gasteiger partial charge on any atom is -0.489 e. The molecule has 118 valence electrons. The molecule has 0 saturated heterocycles. The van der Waals surface area contributed by atoms with Gasteiger partial charge in [-0.05, 0) is 42.4 Å². The number of nitrogens with one attached hydrogen (secondary N) is 2. The molecule has 0 radical (unpaired) electrons. The van der Waals surface area contributed by atoms with Gasteiger partial charge in [0.25, 0.3) is 0 Å². The molecule has 23 heavy (non-hydrogen) atoms. The summed E-state index contributed by atoms with van der Waals surface area (Å²) in [5.74, 6) is 0.862. The van der Waals surface area contributed by atoms with Crippen molar-refractivity contribution in [2.24, 2.45) is 0 Å².